The molecule has 0 spiro atoms. The molecule has 11 heteroatoms. The normalized spacial score (nSPS) is 11.2. The molecule has 0 atom stereocenters. The Morgan fingerprint density at radius 1 is 0.933 bits per heavy atom. The Hall–Kier alpha value is 0.0949. The molecule has 0 heterocycles. The molecule has 2 N–H and O–H groups in total. The summed E-state index contributed by atoms with van der Waals surface area (Å²) < 4.78 is 34.9. The van der Waals surface area contributed by atoms with Gasteiger partial charge in [0.05, 0.1) is 12.4 Å². The summed E-state index contributed by atoms with van der Waals surface area (Å²) in [7, 11) is -6.06. The van der Waals surface area contributed by atoms with E-state index in [4.69, 9.17) is 10.0 Å². The van der Waals surface area contributed by atoms with Crippen molar-refractivity contribution < 1.29 is 61.6 Å². The second kappa shape index (κ2) is 17.6. The third-order valence-corrected chi connectivity index (χ3v) is 5.92. The molecule has 0 bridgehead atoms. The van der Waals surface area contributed by atoms with E-state index in [-0.39, 0.29) is 41.9 Å². The van der Waals surface area contributed by atoms with Gasteiger partial charge in [-0.05, 0) is 24.1 Å². The predicted octanol–water partition coefficient (Wildman–Crippen LogP) is -0.726. The smallest absolute Gasteiger partial charge is 0.726 e. The van der Waals surface area contributed by atoms with Gasteiger partial charge < -0.3 is 14.6 Å². The zero-order valence-corrected chi connectivity index (χ0v) is 21.3. The SMILES string of the molecule is O=C(CSCCCCCCCCCCCOS(=O)(=O)[O-])c1ccc(B(O)O)cc1.[Na+]. The Labute approximate surface area is 206 Å². The fourth-order valence-electron chi connectivity index (χ4n) is 2.79. The van der Waals surface area contributed by atoms with Crippen LogP contribution in [0.25, 0.3) is 0 Å². The zero-order valence-electron chi connectivity index (χ0n) is 17.6. The van der Waals surface area contributed by atoms with Crippen molar-refractivity contribution in [2.45, 2.75) is 57.8 Å². The fourth-order valence-corrected chi connectivity index (χ4v) is 4.02. The fraction of sp³-hybridized carbons (Fsp3) is 0.632. The van der Waals surface area contributed by atoms with Gasteiger partial charge in [0.15, 0.2) is 5.78 Å². The van der Waals surface area contributed by atoms with Crippen molar-refractivity contribution in [3.63, 3.8) is 0 Å². The molecule has 1 rings (SSSR count). The molecule has 0 aliphatic carbocycles. The summed E-state index contributed by atoms with van der Waals surface area (Å²) in [5.74, 6) is 1.42. The molecule has 0 saturated heterocycles. The van der Waals surface area contributed by atoms with Gasteiger partial charge in [0.25, 0.3) is 0 Å². The number of carbonyl (C=O) groups excluding carboxylic acids is 1. The van der Waals surface area contributed by atoms with Crippen molar-refractivity contribution in [3.8, 4) is 0 Å². The maximum atomic E-state index is 12.1. The zero-order chi connectivity index (χ0) is 21.5. The Morgan fingerprint density at radius 2 is 1.43 bits per heavy atom. The van der Waals surface area contributed by atoms with Gasteiger partial charge in [0.2, 0.25) is 10.4 Å². The summed E-state index contributed by atoms with van der Waals surface area (Å²) in [6.07, 6.45) is 9.25. The third kappa shape index (κ3) is 15.8. The number of carbonyl (C=O) groups is 1. The maximum absolute atomic E-state index is 12.1. The average Bonchev–Trinajstić information content (AvgIpc) is 2.67. The first-order chi connectivity index (χ1) is 13.8. The van der Waals surface area contributed by atoms with Gasteiger partial charge in [-0.3, -0.25) is 8.98 Å². The van der Waals surface area contributed by atoms with Crippen molar-refractivity contribution in [3.05, 3.63) is 29.8 Å². The molecular formula is C19H30BNaO7S2. The van der Waals surface area contributed by atoms with Crippen LogP contribution < -0.4 is 35.0 Å². The Bertz CT molecular complexity index is 685. The Kier molecular flexibility index (Phi) is 17.7. The number of thioether (sulfide) groups is 1. The molecule has 0 amide bonds. The molecular weight excluding hydrogens is 438 g/mol. The molecule has 0 fully saturated rings. The van der Waals surface area contributed by atoms with Crippen LogP contribution in [0.15, 0.2) is 24.3 Å². The van der Waals surface area contributed by atoms with Crippen molar-refractivity contribution >= 4 is 40.5 Å². The third-order valence-electron chi connectivity index (χ3n) is 4.42. The first kappa shape index (κ1) is 30.1. The van der Waals surface area contributed by atoms with Crippen LogP contribution in [-0.2, 0) is 14.6 Å². The molecule has 0 unspecified atom stereocenters. The van der Waals surface area contributed by atoms with Crippen LogP contribution in [0.1, 0.15) is 68.1 Å². The number of unbranched alkanes of at least 4 members (excludes halogenated alkanes) is 8. The summed E-state index contributed by atoms with van der Waals surface area (Å²) in [6.45, 7) is -0.0247. The van der Waals surface area contributed by atoms with Crippen LogP contribution in [-0.4, -0.2) is 54.0 Å². The van der Waals surface area contributed by atoms with Crippen molar-refractivity contribution in [1.82, 2.24) is 0 Å². The summed E-state index contributed by atoms with van der Waals surface area (Å²) in [5, 5.41) is 18.1. The minimum absolute atomic E-state index is 0. The summed E-state index contributed by atoms with van der Waals surface area (Å²) in [6, 6.07) is 6.34. The Balaban J connectivity index is 0.00000841. The van der Waals surface area contributed by atoms with Gasteiger partial charge in [0, 0.05) is 5.56 Å². The standard InChI is InChI=1S/C19H31BO7S2.Na/c21-19(17-10-12-18(13-11-17)20(22)23)16-28-15-9-7-5-3-1-2-4-6-8-14-27-29(24,25)26;/h10-13,22-23H,1-9,14-16H2,(H,24,25,26);/q;+1/p-1. The second-order valence-corrected chi connectivity index (χ2v) is 9.04. The van der Waals surface area contributed by atoms with Crippen LogP contribution in [0.3, 0.4) is 0 Å². The molecule has 1 aromatic carbocycles. The van der Waals surface area contributed by atoms with E-state index in [0.29, 0.717) is 23.2 Å². The summed E-state index contributed by atoms with van der Waals surface area (Å²) in [5.41, 5.74) is 0.959. The first-order valence-corrected chi connectivity index (χ1v) is 12.5. The molecule has 0 saturated carbocycles. The van der Waals surface area contributed by atoms with Crippen LogP contribution in [0, 0.1) is 0 Å². The number of ketones is 1. The molecule has 1 aromatic rings. The van der Waals surface area contributed by atoms with Gasteiger partial charge in [-0.2, -0.15) is 11.8 Å². The van der Waals surface area contributed by atoms with Gasteiger partial charge in [0.1, 0.15) is 0 Å². The van der Waals surface area contributed by atoms with Gasteiger partial charge >= 0.3 is 36.7 Å². The molecule has 0 radical (unpaired) electrons. The topological polar surface area (TPSA) is 124 Å². The van der Waals surface area contributed by atoms with Gasteiger partial charge in [-0.15, -0.1) is 0 Å². The van der Waals surface area contributed by atoms with Crippen molar-refractivity contribution in [2.75, 3.05) is 18.1 Å². The van der Waals surface area contributed by atoms with E-state index in [9.17, 15) is 17.8 Å². The molecule has 0 aliphatic rings. The van der Waals surface area contributed by atoms with E-state index < -0.39 is 17.5 Å². The monoisotopic (exact) mass is 468 g/mol. The predicted molar refractivity (Wildman–Crippen MR) is 115 cm³/mol. The molecule has 30 heavy (non-hydrogen) atoms. The van der Waals surface area contributed by atoms with Crippen molar-refractivity contribution in [2.24, 2.45) is 0 Å². The van der Waals surface area contributed by atoms with E-state index in [1.807, 2.05) is 0 Å². The van der Waals surface area contributed by atoms with E-state index >= 15 is 0 Å². The van der Waals surface area contributed by atoms with E-state index in [2.05, 4.69) is 4.18 Å². The van der Waals surface area contributed by atoms with Crippen molar-refractivity contribution in [1.29, 1.82) is 0 Å². The van der Waals surface area contributed by atoms with Gasteiger partial charge in [-0.25, -0.2) is 8.42 Å². The number of hydrogen-bond donors (Lipinski definition) is 2. The quantitative estimate of drug-likeness (QED) is 0.101. The molecule has 0 aliphatic heterocycles. The van der Waals surface area contributed by atoms with E-state index in [0.717, 1.165) is 57.1 Å². The number of benzene rings is 1. The average molecular weight is 468 g/mol. The number of rotatable bonds is 17. The summed E-state index contributed by atoms with van der Waals surface area (Å²) >= 11 is 1.62. The van der Waals surface area contributed by atoms with E-state index in [1.54, 1.807) is 36.0 Å². The van der Waals surface area contributed by atoms with Gasteiger partial charge in [-0.1, -0.05) is 69.2 Å². The van der Waals surface area contributed by atoms with Crippen LogP contribution in [0.4, 0.5) is 0 Å². The van der Waals surface area contributed by atoms with Crippen LogP contribution >= 0.6 is 11.8 Å². The number of Topliss-reactive ketones (excluding diaryl/α,β-unsaturated/α-hetero) is 1. The molecule has 7 nitrogen and oxygen atoms in total. The second-order valence-electron chi connectivity index (χ2n) is 6.88. The maximum Gasteiger partial charge on any atom is 1.00 e. The minimum atomic E-state index is -4.55. The van der Waals surface area contributed by atoms with Crippen LogP contribution in [0.2, 0.25) is 0 Å². The molecule has 164 valence electrons. The largest absolute Gasteiger partial charge is 1.00 e. The Morgan fingerprint density at radius 3 is 1.93 bits per heavy atom. The van der Waals surface area contributed by atoms with E-state index in [1.165, 1.54) is 0 Å². The number of hydrogen-bond acceptors (Lipinski definition) is 8. The summed E-state index contributed by atoms with van der Waals surface area (Å²) in [4.78, 5) is 12.1. The molecule has 0 aromatic heterocycles. The first-order valence-electron chi connectivity index (χ1n) is 9.97. The minimum Gasteiger partial charge on any atom is -0.726 e. The van der Waals surface area contributed by atoms with Crippen LogP contribution in [0.5, 0.6) is 0 Å².